The third kappa shape index (κ3) is 4.27. The number of pyridine rings is 1. The van der Waals surface area contributed by atoms with Crippen molar-refractivity contribution in [3.63, 3.8) is 0 Å². The molecule has 0 N–H and O–H groups in total. The number of aromatic nitrogens is 1. The highest BCUT2D eigenvalue weighted by molar-refractivity contribution is 7.89. The van der Waals surface area contributed by atoms with E-state index in [1.807, 2.05) is 24.3 Å². The van der Waals surface area contributed by atoms with Crippen LogP contribution in [-0.4, -0.2) is 55.9 Å². The van der Waals surface area contributed by atoms with Gasteiger partial charge < -0.3 is 4.74 Å². The summed E-state index contributed by atoms with van der Waals surface area (Å²) in [6, 6.07) is 12.7. The number of nitrogens with zero attached hydrogens (tertiary/aromatic N) is 3. The predicted molar refractivity (Wildman–Crippen MR) is 114 cm³/mol. The van der Waals surface area contributed by atoms with Gasteiger partial charge in [-0.15, -0.1) is 0 Å². The molecule has 2 heterocycles. The fourth-order valence-corrected chi connectivity index (χ4v) is 5.21. The van der Waals surface area contributed by atoms with Crippen LogP contribution in [0.25, 0.3) is 10.9 Å². The molecule has 1 aliphatic rings. The average molecular weight is 450 g/mol. The lowest BCUT2D eigenvalue weighted by Crippen LogP contribution is -2.48. The molecule has 4 rings (SSSR count). The SMILES string of the molecule is COc1ccc2cc(CN3CCN(S(=O)(=O)c4cccc(F)c4)CC3)c(Cl)nc2c1. The van der Waals surface area contributed by atoms with Crippen molar-refractivity contribution in [3.05, 3.63) is 65.1 Å². The largest absolute Gasteiger partial charge is 0.497 e. The molecule has 0 bridgehead atoms. The van der Waals surface area contributed by atoms with Gasteiger partial charge in [-0.1, -0.05) is 17.7 Å². The summed E-state index contributed by atoms with van der Waals surface area (Å²) in [7, 11) is -2.11. The number of hydrogen-bond acceptors (Lipinski definition) is 5. The molecule has 1 aromatic heterocycles. The molecule has 2 aromatic carbocycles. The first-order valence-corrected chi connectivity index (χ1v) is 11.3. The van der Waals surface area contributed by atoms with Crippen LogP contribution in [0.5, 0.6) is 5.75 Å². The molecule has 0 unspecified atom stereocenters. The highest BCUT2D eigenvalue weighted by Gasteiger charge is 2.29. The van der Waals surface area contributed by atoms with Crippen molar-refractivity contribution in [1.82, 2.24) is 14.2 Å². The Kier molecular flexibility index (Phi) is 5.92. The molecular formula is C21H21ClFN3O3S. The maximum absolute atomic E-state index is 13.4. The van der Waals surface area contributed by atoms with E-state index in [4.69, 9.17) is 16.3 Å². The molecule has 30 heavy (non-hydrogen) atoms. The fourth-order valence-electron chi connectivity index (χ4n) is 3.55. The molecule has 0 spiro atoms. The lowest BCUT2D eigenvalue weighted by molar-refractivity contribution is 0.181. The second-order valence-corrected chi connectivity index (χ2v) is 9.43. The van der Waals surface area contributed by atoms with Crippen molar-refractivity contribution in [2.45, 2.75) is 11.4 Å². The molecule has 3 aromatic rings. The van der Waals surface area contributed by atoms with E-state index in [1.165, 1.54) is 22.5 Å². The first-order chi connectivity index (χ1) is 14.4. The van der Waals surface area contributed by atoms with Gasteiger partial charge in [-0.3, -0.25) is 4.90 Å². The minimum atomic E-state index is -3.71. The van der Waals surface area contributed by atoms with E-state index in [9.17, 15) is 12.8 Å². The van der Waals surface area contributed by atoms with E-state index >= 15 is 0 Å². The second kappa shape index (κ2) is 8.47. The zero-order valence-corrected chi connectivity index (χ0v) is 18.0. The Labute approximate surface area is 179 Å². The van der Waals surface area contributed by atoms with Crippen LogP contribution in [0.2, 0.25) is 5.15 Å². The summed E-state index contributed by atoms with van der Waals surface area (Å²) in [5, 5.41) is 1.38. The van der Waals surface area contributed by atoms with Crippen molar-refractivity contribution in [3.8, 4) is 5.75 Å². The van der Waals surface area contributed by atoms with Crippen molar-refractivity contribution in [2.24, 2.45) is 0 Å². The topological polar surface area (TPSA) is 62.7 Å². The Morgan fingerprint density at radius 2 is 1.87 bits per heavy atom. The van der Waals surface area contributed by atoms with Gasteiger partial charge in [0.2, 0.25) is 10.0 Å². The summed E-state index contributed by atoms with van der Waals surface area (Å²) in [6.07, 6.45) is 0. The van der Waals surface area contributed by atoms with E-state index < -0.39 is 15.8 Å². The third-order valence-corrected chi connectivity index (χ3v) is 7.43. The van der Waals surface area contributed by atoms with Crippen LogP contribution >= 0.6 is 11.6 Å². The molecule has 0 amide bonds. The van der Waals surface area contributed by atoms with E-state index in [2.05, 4.69) is 9.88 Å². The lowest BCUT2D eigenvalue weighted by Gasteiger charge is -2.34. The summed E-state index contributed by atoms with van der Waals surface area (Å²) in [6.45, 7) is 2.32. The standard InChI is InChI=1S/C21H21ClFN3O3S/c1-29-18-6-5-15-11-16(21(22)24-20(15)13-18)14-25-7-9-26(10-8-25)30(27,28)19-4-2-3-17(23)12-19/h2-6,11-13H,7-10,14H2,1H3. The molecule has 1 aliphatic heterocycles. The smallest absolute Gasteiger partial charge is 0.243 e. The number of benzene rings is 2. The highest BCUT2D eigenvalue weighted by atomic mass is 35.5. The Morgan fingerprint density at radius 3 is 2.57 bits per heavy atom. The summed E-state index contributed by atoms with van der Waals surface area (Å²) in [5.74, 6) is 0.153. The molecule has 9 heteroatoms. The minimum absolute atomic E-state index is 0.0202. The zero-order valence-electron chi connectivity index (χ0n) is 16.4. The summed E-state index contributed by atoms with van der Waals surface area (Å²) in [5.41, 5.74) is 1.64. The Bertz CT molecular complexity index is 1180. The van der Waals surface area contributed by atoms with Crippen molar-refractivity contribution in [1.29, 1.82) is 0 Å². The Balaban J connectivity index is 1.45. The van der Waals surface area contributed by atoms with Crippen molar-refractivity contribution >= 4 is 32.5 Å². The molecule has 0 aliphatic carbocycles. The van der Waals surface area contributed by atoms with Crippen LogP contribution in [0.3, 0.4) is 0 Å². The van der Waals surface area contributed by atoms with Gasteiger partial charge in [-0.25, -0.2) is 17.8 Å². The van der Waals surface area contributed by atoms with Crippen LogP contribution in [0, 0.1) is 5.82 Å². The fraction of sp³-hybridized carbons (Fsp3) is 0.286. The van der Waals surface area contributed by atoms with E-state index in [0.717, 1.165) is 28.3 Å². The monoisotopic (exact) mass is 449 g/mol. The van der Waals surface area contributed by atoms with Crippen LogP contribution in [0.15, 0.2) is 53.4 Å². The molecule has 1 fully saturated rings. The van der Waals surface area contributed by atoms with E-state index in [-0.39, 0.29) is 4.90 Å². The molecule has 6 nitrogen and oxygen atoms in total. The minimum Gasteiger partial charge on any atom is -0.497 e. The number of sulfonamides is 1. The first-order valence-electron chi connectivity index (χ1n) is 9.48. The number of fused-ring (bicyclic) bond motifs is 1. The number of piperazine rings is 1. The van der Waals surface area contributed by atoms with Gasteiger partial charge in [-0.05, 0) is 36.4 Å². The predicted octanol–water partition coefficient (Wildman–Crippen LogP) is 3.54. The van der Waals surface area contributed by atoms with Gasteiger partial charge in [0.15, 0.2) is 0 Å². The number of hydrogen-bond donors (Lipinski definition) is 0. The van der Waals surface area contributed by atoms with Gasteiger partial charge in [0, 0.05) is 49.7 Å². The lowest BCUT2D eigenvalue weighted by atomic mass is 10.1. The summed E-state index contributed by atoms with van der Waals surface area (Å²) >= 11 is 6.39. The quantitative estimate of drug-likeness (QED) is 0.557. The van der Waals surface area contributed by atoms with Gasteiger partial charge in [0.1, 0.15) is 16.7 Å². The Hall–Kier alpha value is -2.26. The maximum atomic E-state index is 13.4. The van der Waals surface area contributed by atoms with Gasteiger partial charge in [0.05, 0.1) is 17.5 Å². The molecule has 0 saturated carbocycles. The van der Waals surface area contributed by atoms with Gasteiger partial charge >= 0.3 is 0 Å². The summed E-state index contributed by atoms with van der Waals surface area (Å²) < 4.78 is 45.6. The van der Waals surface area contributed by atoms with Gasteiger partial charge in [0.25, 0.3) is 0 Å². The van der Waals surface area contributed by atoms with Crippen LogP contribution in [-0.2, 0) is 16.6 Å². The number of rotatable bonds is 5. The van der Waals surface area contributed by atoms with Crippen molar-refractivity contribution in [2.75, 3.05) is 33.3 Å². The number of methoxy groups -OCH3 is 1. The Morgan fingerprint density at radius 1 is 1.10 bits per heavy atom. The third-order valence-electron chi connectivity index (χ3n) is 5.21. The molecule has 1 saturated heterocycles. The van der Waals surface area contributed by atoms with E-state index in [0.29, 0.717) is 37.9 Å². The zero-order chi connectivity index (χ0) is 21.3. The molecule has 158 valence electrons. The average Bonchev–Trinajstić information content (AvgIpc) is 2.74. The molecule has 0 radical (unpaired) electrons. The number of ether oxygens (including phenoxy) is 1. The van der Waals surface area contributed by atoms with E-state index in [1.54, 1.807) is 7.11 Å². The second-order valence-electron chi connectivity index (χ2n) is 7.13. The molecular weight excluding hydrogens is 429 g/mol. The van der Waals surface area contributed by atoms with Crippen LogP contribution < -0.4 is 4.74 Å². The van der Waals surface area contributed by atoms with Gasteiger partial charge in [-0.2, -0.15) is 4.31 Å². The number of halogens is 2. The highest BCUT2D eigenvalue weighted by Crippen LogP contribution is 2.26. The first kappa shape index (κ1) is 21.0. The normalized spacial score (nSPS) is 16.1. The molecule has 0 atom stereocenters. The maximum Gasteiger partial charge on any atom is 0.243 e. The van der Waals surface area contributed by atoms with Crippen LogP contribution in [0.4, 0.5) is 4.39 Å². The van der Waals surface area contributed by atoms with Crippen molar-refractivity contribution < 1.29 is 17.5 Å². The van der Waals surface area contributed by atoms with Crippen LogP contribution in [0.1, 0.15) is 5.56 Å². The summed E-state index contributed by atoms with van der Waals surface area (Å²) in [4.78, 5) is 6.58.